The fourth-order valence-electron chi connectivity index (χ4n) is 9.38. The maximum Gasteiger partial charge on any atom is 0.311 e. The number of hydrogen-bond donors (Lipinski definition) is 17. The highest BCUT2D eigenvalue weighted by Gasteiger charge is 2.39. The number of rotatable bonds is 25. The van der Waals surface area contributed by atoms with Gasteiger partial charge in [-0.2, -0.15) is 0 Å². The number of nitrogens with zero attached hydrogens (tertiary/aromatic N) is 1. The normalized spacial score (nSPS) is 23.8. The molecule has 31 heteroatoms. The van der Waals surface area contributed by atoms with Crippen LogP contribution in [-0.2, 0) is 68.7 Å². The van der Waals surface area contributed by atoms with E-state index in [0.717, 1.165) is 0 Å². The molecule has 2 heterocycles. The number of carbonyl (C=O) groups is 12. The highest BCUT2D eigenvalue weighted by Crippen LogP contribution is 2.22. The van der Waals surface area contributed by atoms with Gasteiger partial charge in [0.1, 0.15) is 67.0 Å². The Morgan fingerprint density at radius 2 is 1.22 bits per heavy atom. The summed E-state index contributed by atoms with van der Waals surface area (Å²) in [7, 11) is 0. The van der Waals surface area contributed by atoms with Crippen molar-refractivity contribution in [2.75, 3.05) is 59.0 Å². The number of nitrogens with one attached hydrogen (secondary N) is 11. The van der Waals surface area contributed by atoms with Crippen LogP contribution in [0, 0.1) is 11.3 Å². The lowest BCUT2D eigenvalue weighted by Gasteiger charge is -2.36. The molecular formula is C57H96N16O15. The van der Waals surface area contributed by atoms with Crippen LogP contribution in [0.15, 0.2) is 30.3 Å². The van der Waals surface area contributed by atoms with Crippen LogP contribution < -0.4 is 81.4 Å². The van der Waals surface area contributed by atoms with Gasteiger partial charge >= 0.3 is 5.97 Å². The Morgan fingerprint density at radius 1 is 0.682 bits per heavy atom. The number of ether oxygens (including phenoxy) is 1. The molecule has 3 rings (SSSR count). The van der Waals surface area contributed by atoms with Gasteiger partial charge in [-0.1, -0.05) is 51.1 Å². The lowest BCUT2D eigenvalue weighted by atomic mass is 9.91. The van der Waals surface area contributed by atoms with Crippen LogP contribution in [0.1, 0.15) is 105 Å². The number of aliphatic hydroxyl groups excluding tert-OH is 2. The molecule has 12 atom stereocenters. The van der Waals surface area contributed by atoms with E-state index in [1.165, 1.54) is 18.7 Å². The van der Waals surface area contributed by atoms with Crippen molar-refractivity contribution in [1.29, 1.82) is 0 Å². The highest BCUT2D eigenvalue weighted by molar-refractivity contribution is 5.99. The van der Waals surface area contributed by atoms with Gasteiger partial charge in [0.25, 0.3) is 0 Å². The van der Waals surface area contributed by atoms with Crippen molar-refractivity contribution in [3.63, 3.8) is 0 Å². The first-order valence-corrected chi connectivity index (χ1v) is 30.0. The topological polar surface area (TPSA) is 494 Å². The molecule has 0 radical (unpaired) electrons. The van der Waals surface area contributed by atoms with Crippen molar-refractivity contribution in [2.45, 2.75) is 179 Å². The van der Waals surface area contributed by atoms with Crippen LogP contribution in [0.5, 0.6) is 0 Å². The van der Waals surface area contributed by atoms with E-state index in [9.17, 15) is 67.7 Å². The SMILES string of the molecule is CCC(C)(C)C(=O)OCCC(=O)N1CCNCC1C(=O)N[C@H](C(=O)N[C@@H](CCN)C(=O)N[C@H]1CCNC(=O)[C@H](C(C)O)NC(=O)[C@H](CCN)NC(=O)[C@H](CCN)NC(=O)[C@H](CC(C)C)NC(=O)[C@@H](Cc2ccccc2)NC(=O)[C@H](CCN)NC1=O)C(C)O. The molecule has 21 N–H and O–H groups in total. The average Bonchev–Trinajstić information content (AvgIpc) is 2.68. The molecule has 0 aliphatic carbocycles. The van der Waals surface area contributed by atoms with E-state index < -0.39 is 162 Å². The molecule has 11 amide bonds. The standard InChI is InChI=1S/C57H96N16O15/c1-8-57(6,7)56(87)88-27-19-43(76)73-26-25-62-30-42(73)53(84)72-45(33(5)75)55(86)68-37(16-22-60)47(78)67-39-18-24-63-54(85)44(32(4)74)71-50(81)38(17-23-61)65-46(77)35(14-20-58)66-51(82)40(28-31(2)3)69-52(83)41(29-34-12-10-9-11-13-34)70-48(79)36(15-21-59)64-49(39)80/h9-13,31-33,35-42,44-45,62,74-75H,8,14-30,58-61H2,1-7H3,(H,63,85)(H,64,80)(H,65,77)(H,66,82)(H,67,78)(H,68,86)(H,69,83)(H,70,79)(H,71,81)(H,72,84)/t32?,33?,35-,36-,37-,38-,39-,40-,41+,42?,44-,45-/m0/s1. The van der Waals surface area contributed by atoms with Gasteiger partial charge in [0.15, 0.2) is 0 Å². The summed E-state index contributed by atoms with van der Waals surface area (Å²) in [5, 5.41) is 50.2. The summed E-state index contributed by atoms with van der Waals surface area (Å²) in [5.41, 5.74) is 23.4. The molecule has 2 saturated heterocycles. The summed E-state index contributed by atoms with van der Waals surface area (Å²) in [6.45, 7) is 10.1. The van der Waals surface area contributed by atoms with Crippen LogP contribution >= 0.6 is 0 Å². The molecule has 31 nitrogen and oxygen atoms in total. The van der Waals surface area contributed by atoms with Gasteiger partial charge in [0, 0.05) is 32.6 Å². The number of hydrogen-bond acceptors (Lipinski definition) is 20. The third-order valence-corrected chi connectivity index (χ3v) is 15.0. The third-order valence-electron chi connectivity index (χ3n) is 15.0. The summed E-state index contributed by atoms with van der Waals surface area (Å²) >= 11 is 0. The molecule has 2 aliphatic rings. The van der Waals surface area contributed by atoms with E-state index in [1.807, 2.05) is 6.92 Å². The van der Waals surface area contributed by atoms with Crippen molar-refractivity contribution in [3.05, 3.63) is 35.9 Å². The Kier molecular flexibility index (Phi) is 31.8. The zero-order valence-corrected chi connectivity index (χ0v) is 51.6. The van der Waals surface area contributed by atoms with E-state index in [2.05, 4.69) is 58.5 Å². The number of carbonyl (C=O) groups excluding carboxylic acids is 12. The summed E-state index contributed by atoms with van der Waals surface area (Å²) < 4.78 is 5.33. The minimum absolute atomic E-state index is 0.0375. The summed E-state index contributed by atoms with van der Waals surface area (Å²) in [6.07, 6.45) is -4.36. The predicted octanol–water partition coefficient (Wildman–Crippen LogP) is -6.52. The van der Waals surface area contributed by atoms with Crippen LogP contribution in [0.2, 0.25) is 0 Å². The van der Waals surface area contributed by atoms with Gasteiger partial charge in [-0.25, -0.2) is 0 Å². The molecule has 1 aromatic rings. The van der Waals surface area contributed by atoms with Crippen LogP contribution in [-0.4, -0.2) is 218 Å². The Balaban J connectivity index is 2.06. The lowest BCUT2D eigenvalue weighted by Crippen LogP contribution is -2.64. The molecule has 494 valence electrons. The van der Waals surface area contributed by atoms with Crippen molar-refractivity contribution in [3.8, 4) is 0 Å². The molecular weight excluding hydrogens is 1150 g/mol. The highest BCUT2D eigenvalue weighted by atomic mass is 16.5. The zero-order chi connectivity index (χ0) is 65.8. The predicted molar refractivity (Wildman–Crippen MR) is 321 cm³/mol. The zero-order valence-electron chi connectivity index (χ0n) is 51.6. The molecule has 2 fully saturated rings. The monoisotopic (exact) mass is 1240 g/mol. The second-order valence-electron chi connectivity index (χ2n) is 23.0. The molecule has 0 spiro atoms. The first-order chi connectivity index (χ1) is 41.6. The van der Waals surface area contributed by atoms with Gasteiger partial charge in [0.05, 0.1) is 24.0 Å². The van der Waals surface area contributed by atoms with Crippen molar-refractivity contribution in [2.24, 2.45) is 34.3 Å². The number of amides is 11. The van der Waals surface area contributed by atoms with E-state index in [4.69, 9.17) is 27.7 Å². The van der Waals surface area contributed by atoms with Gasteiger partial charge in [-0.05, 0) is 110 Å². The van der Waals surface area contributed by atoms with Gasteiger partial charge < -0.3 is 101 Å². The fraction of sp³-hybridized carbons (Fsp3) is 0.684. The molecule has 0 bridgehead atoms. The molecule has 0 aromatic heterocycles. The Hall–Kier alpha value is -7.42. The Bertz CT molecular complexity index is 2520. The Morgan fingerprint density at radius 3 is 1.75 bits per heavy atom. The van der Waals surface area contributed by atoms with Crippen molar-refractivity contribution < 1.29 is 72.5 Å². The lowest BCUT2D eigenvalue weighted by molar-refractivity contribution is -0.156. The molecule has 1 aromatic carbocycles. The fourth-order valence-corrected chi connectivity index (χ4v) is 9.38. The minimum Gasteiger partial charge on any atom is -0.465 e. The maximum atomic E-state index is 14.6. The molecule has 3 unspecified atom stereocenters. The summed E-state index contributed by atoms with van der Waals surface area (Å²) in [6, 6.07) is -6.42. The number of piperazine rings is 1. The molecule has 88 heavy (non-hydrogen) atoms. The maximum absolute atomic E-state index is 14.6. The van der Waals surface area contributed by atoms with Crippen LogP contribution in [0.4, 0.5) is 0 Å². The summed E-state index contributed by atoms with van der Waals surface area (Å²) in [5.74, 6) is -10.7. The molecule has 0 saturated carbocycles. The summed E-state index contributed by atoms with van der Waals surface area (Å²) in [4.78, 5) is 169. The van der Waals surface area contributed by atoms with E-state index in [-0.39, 0.29) is 96.7 Å². The second-order valence-corrected chi connectivity index (χ2v) is 23.0. The first kappa shape index (κ1) is 74.8. The average molecular weight is 1250 g/mol. The van der Waals surface area contributed by atoms with E-state index in [1.54, 1.807) is 58.0 Å². The van der Waals surface area contributed by atoms with Crippen molar-refractivity contribution >= 4 is 70.9 Å². The first-order valence-electron chi connectivity index (χ1n) is 30.0. The molecule has 2 aliphatic heterocycles. The van der Waals surface area contributed by atoms with Crippen LogP contribution in [0.3, 0.4) is 0 Å². The van der Waals surface area contributed by atoms with E-state index in [0.29, 0.717) is 18.5 Å². The van der Waals surface area contributed by atoms with Crippen molar-refractivity contribution in [1.82, 2.24) is 63.4 Å². The van der Waals surface area contributed by atoms with Gasteiger partial charge in [-0.15, -0.1) is 0 Å². The largest absolute Gasteiger partial charge is 0.465 e. The number of aliphatic hydroxyl groups is 2. The smallest absolute Gasteiger partial charge is 0.311 e. The quantitative estimate of drug-likeness (QED) is 0.0405. The van der Waals surface area contributed by atoms with Gasteiger partial charge in [0.2, 0.25) is 65.0 Å². The van der Waals surface area contributed by atoms with E-state index >= 15 is 0 Å². The van der Waals surface area contributed by atoms with Gasteiger partial charge in [-0.3, -0.25) is 57.5 Å². The van der Waals surface area contributed by atoms with Crippen LogP contribution in [0.25, 0.3) is 0 Å². The number of esters is 1. The Labute approximate surface area is 513 Å². The number of benzene rings is 1. The third kappa shape index (κ3) is 23.9. The second kappa shape index (κ2) is 37.4. The minimum atomic E-state index is -1.74. The number of nitrogens with two attached hydrogens (primary N) is 4.